The van der Waals surface area contributed by atoms with Crippen LogP contribution in [0, 0.1) is 0 Å². The van der Waals surface area contributed by atoms with E-state index < -0.39 is 13.1 Å². The van der Waals surface area contributed by atoms with E-state index in [4.69, 9.17) is 3.32 Å². The predicted octanol–water partition coefficient (Wildman–Crippen LogP) is 4.39. The van der Waals surface area contributed by atoms with Crippen LogP contribution in [0.3, 0.4) is 0 Å². The SMILES string of the molecule is C[O][Ti]([CH3])([CH3])([CH3])([CH3])([CH3])[C]1=CC=CC1. The van der Waals surface area contributed by atoms with Gasteiger partial charge in [-0.1, -0.05) is 0 Å². The first-order valence-corrected chi connectivity index (χ1v) is 14.3. The first-order valence-electron chi connectivity index (χ1n) is 5.08. The molecule has 0 N–H and O–H groups in total. The molecule has 0 amide bonds. The molecular weight excluding hydrogens is 196 g/mol. The predicted molar refractivity (Wildman–Crippen MR) is 58.2 cm³/mol. The Hall–Kier alpha value is 0.154. The van der Waals surface area contributed by atoms with Crippen LogP contribution in [0.2, 0.25) is 26.1 Å². The van der Waals surface area contributed by atoms with Gasteiger partial charge in [0.15, 0.2) is 0 Å². The Bertz CT molecular complexity index is 316. The van der Waals surface area contributed by atoms with Crippen molar-refractivity contribution in [3.8, 4) is 0 Å². The van der Waals surface area contributed by atoms with E-state index in [2.05, 4.69) is 44.4 Å². The summed E-state index contributed by atoms with van der Waals surface area (Å²) >= 11 is -3.74. The Morgan fingerprint density at radius 2 is 1.69 bits per heavy atom. The monoisotopic (exact) mass is 219 g/mol. The number of hydrogen-bond donors (Lipinski definition) is 0. The van der Waals surface area contributed by atoms with Crippen LogP contribution < -0.4 is 0 Å². The van der Waals surface area contributed by atoms with Crippen LogP contribution in [0.5, 0.6) is 0 Å². The summed E-state index contributed by atoms with van der Waals surface area (Å²) in [4.78, 5) is 0. The number of rotatable bonds is 2. The van der Waals surface area contributed by atoms with Crippen LogP contribution in [0.4, 0.5) is 0 Å². The Morgan fingerprint density at radius 3 is 2.00 bits per heavy atom. The van der Waals surface area contributed by atoms with Gasteiger partial charge in [0.25, 0.3) is 0 Å². The van der Waals surface area contributed by atoms with Crippen molar-refractivity contribution in [2.75, 3.05) is 7.11 Å². The second-order valence-electron chi connectivity index (χ2n) is 8.90. The number of allylic oxidation sites excluding steroid dienone is 4. The summed E-state index contributed by atoms with van der Waals surface area (Å²) in [6.45, 7) is 0. The molecule has 13 heavy (non-hydrogen) atoms. The molecule has 2 heteroatoms. The van der Waals surface area contributed by atoms with E-state index in [9.17, 15) is 0 Å². The van der Waals surface area contributed by atoms with E-state index in [1.165, 1.54) is 3.88 Å². The van der Waals surface area contributed by atoms with E-state index in [-0.39, 0.29) is 0 Å². The molecule has 0 aromatic heterocycles. The second-order valence-corrected chi connectivity index (χ2v) is 33.6. The topological polar surface area (TPSA) is 9.23 Å². The van der Waals surface area contributed by atoms with E-state index in [0.717, 1.165) is 6.42 Å². The molecule has 1 aliphatic carbocycles. The van der Waals surface area contributed by atoms with E-state index >= 15 is 0 Å². The normalized spacial score (nSPS) is 25.7. The van der Waals surface area contributed by atoms with Crippen molar-refractivity contribution in [1.82, 2.24) is 0 Å². The van der Waals surface area contributed by atoms with Gasteiger partial charge in [-0.05, 0) is 0 Å². The third-order valence-electron chi connectivity index (χ3n) is 3.63. The summed E-state index contributed by atoms with van der Waals surface area (Å²) in [6, 6.07) is 0. The van der Waals surface area contributed by atoms with Crippen molar-refractivity contribution in [1.29, 1.82) is 0 Å². The van der Waals surface area contributed by atoms with Crippen molar-refractivity contribution in [2.45, 2.75) is 32.6 Å². The summed E-state index contributed by atoms with van der Waals surface area (Å²) in [5.41, 5.74) is 0. The molecule has 0 fully saturated rings. The summed E-state index contributed by atoms with van der Waals surface area (Å²) in [5.74, 6) is 0. The molecule has 0 bridgehead atoms. The Morgan fingerprint density at radius 1 is 1.15 bits per heavy atom. The molecule has 0 saturated carbocycles. The molecule has 0 heterocycles. The Labute approximate surface area is 78.3 Å². The maximum absolute atomic E-state index is 6.05. The fourth-order valence-electron chi connectivity index (χ4n) is 1.58. The van der Waals surface area contributed by atoms with Gasteiger partial charge in [-0.2, -0.15) is 0 Å². The average molecular weight is 219 g/mol. The van der Waals surface area contributed by atoms with Crippen LogP contribution in [-0.4, -0.2) is 7.11 Å². The zero-order valence-corrected chi connectivity index (χ0v) is 11.4. The van der Waals surface area contributed by atoms with Gasteiger partial charge >= 0.3 is 78.2 Å². The molecular formula is C11H23OTi. The standard InChI is InChI=1S/C5H5.CH3O.5CH3.Ti/c1-2-4-5-3-1;1-2;;;;;;/h1-3H,4H2;1H3;5*1H3;/q;-1;;;;;;+1. The third-order valence-corrected chi connectivity index (χ3v) is 13.1. The molecule has 1 rings (SSSR count). The van der Waals surface area contributed by atoms with E-state index in [1.54, 1.807) is 0 Å². The summed E-state index contributed by atoms with van der Waals surface area (Å²) < 4.78 is 7.54. The van der Waals surface area contributed by atoms with Gasteiger partial charge in [-0.15, -0.1) is 0 Å². The van der Waals surface area contributed by atoms with Gasteiger partial charge in [0, 0.05) is 0 Å². The van der Waals surface area contributed by atoms with Gasteiger partial charge in [-0.25, -0.2) is 0 Å². The second kappa shape index (κ2) is 1.78. The maximum atomic E-state index is 6.05. The fraction of sp³-hybridized carbons (Fsp3) is 0.636. The van der Waals surface area contributed by atoms with Gasteiger partial charge in [-0.3, -0.25) is 0 Å². The molecule has 1 nitrogen and oxygen atoms in total. The van der Waals surface area contributed by atoms with Crippen LogP contribution in [0.1, 0.15) is 6.42 Å². The molecule has 0 radical (unpaired) electrons. The summed E-state index contributed by atoms with van der Waals surface area (Å²) in [7, 11) is 1.86. The van der Waals surface area contributed by atoms with Gasteiger partial charge in [0.05, 0.1) is 0 Å². The van der Waals surface area contributed by atoms with Crippen LogP contribution in [0.15, 0.2) is 22.1 Å². The fourth-order valence-corrected chi connectivity index (χ4v) is 5.46. The molecule has 77 valence electrons. The molecule has 0 aromatic carbocycles. The molecule has 0 spiro atoms. The summed E-state index contributed by atoms with van der Waals surface area (Å²) in [5, 5.41) is 11.7. The van der Waals surface area contributed by atoms with Crippen LogP contribution in [-0.2, 0) is 16.4 Å². The molecule has 0 saturated heterocycles. The quantitative estimate of drug-likeness (QED) is 0.625. The molecule has 0 unspecified atom stereocenters. The van der Waals surface area contributed by atoms with Gasteiger partial charge in [0.1, 0.15) is 0 Å². The van der Waals surface area contributed by atoms with Crippen LogP contribution >= 0.6 is 0 Å². The first-order chi connectivity index (χ1) is 5.40. The minimum atomic E-state index is -3.74. The van der Waals surface area contributed by atoms with Crippen molar-refractivity contribution < 1.29 is 16.4 Å². The zero-order chi connectivity index (χ0) is 10.5. The minimum absolute atomic E-state index is 1.06. The van der Waals surface area contributed by atoms with E-state index in [0.29, 0.717) is 0 Å². The van der Waals surface area contributed by atoms with Crippen molar-refractivity contribution in [2.24, 2.45) is 0 Å². The number of hydrogen-bond acceptors (Lipinski definition) is 1. The average Bonchev–Trinajstić information content (AvgIpc) is 2.36. The Balaban J connectivity index is 3.42. The van der Waals surface area contributed by atoms with Crippen molar-refractivity contribution in [3.05, 3.63) is 22.1 Å². The molecule has 0 aliphatic heterocycles. The van der Waals surface area contributed by atoms with Gasteiger partial charge in [0.2, 0.25) is 0 Å². The molecule has 0 atom stereocenters. The van der Waals surface area contributed by atoms with Crippen LogP contribution in [0.25, 0.3) is 0 Å². The summed E-state index contributed by atoms with van der Waals surface area (Å²) in [6.07, 6.45) is 7.64. The zero-order valence-electron chi connectivity index (χ0n) is 9.85. The first kappa shape index (κ1) is 11.2. The third kappa shape index (κ3) is 1.98. The van der Waals surface area contributed by atoms with E-state index in [1.807, 2.05) is 7.11 Å². The Kier molecular flexibility index (Phi) is 1.54. The molecule has 0 aromatic rings. The molecule has 1 aliphatic rings. The van der Waals surface area contributed by atoms with Crippen molar-refractivity contribution >= 4 is 0 Å². The van der Waals surface area contributed by atoms with Gasteiger partial charge < -0.3 is 0 Å². The van der Waals surface area contributed by atoms with Crippen molar-refractivity contribution in [3.63, 3.8) is 0 Å².